The number of ketones is 1. The van der Waals surface area contributed by atoms with E-state index >= 15 is 0 Å². The number of carbonyl (C=O) groups excluding carboxylic acids is 1. The zero-order valence-electron chi connectivity index (χ0n) is 9.41. The molecule has 1 aromatic heterocycles. The van der Waals surface area contributed by atoms with Gasteiger partial charge < -0.3 is 20.8 Å². The first-order chi connectivity index (χ1) is 9.06. The molecule has 0 radical (unpaired) electrons. The number of nitrogens with one attached hydrogen (secondary N) is 2. The molecule has 2 atom stereocenters. The first-order valence-corrected chi connectivity index (χ1v) is 5.54. The van der Waals surface area contributed by atoms with E-state index in [0.29, 0.717) is 0 Å². The normalized spacial score (nSPS) is 30.9. The van der Waals surface area contributed by atoms with Gasteiger partial charge in [-0.15, -0.1) is 0 Å². The van der Waals surface area contributed by atoms with Crippen molar-refractivity contribution in [2.24, 2.45) is 0 Å². The van der Waals surface area contributed by atoms with E-state index in [1.165, 1.54) is 6.07 Å². The van der Waals surface area contributed by atoms with Crippen LogP contribution in [0.15, 0.2) is 28.9 Å². The van der Waals surface area contributed by atoms with Gasteiger partial charge in [0.05, 0.1) is 0 Å². The lowest BCUT2D eigenvalue weighted by Gasteiger charge is -2.40. The zero-order chi connectivity index (χ0) is 13.3. The van der Waals surface area contributed by atoms with Gasteiger partial charge in [-0.05, 0) is 10.3 Å². The van der Waals surface area contributed by atoms with E-state index in [4.69, 9.17) is 0 Å². The first-order valence-electron chi connectivity index (χ1n) is 5.54. The third-order valence-electron chi connectivity index (χ3n) is 3.50. The maximum atomic E-state index is 12.3. The molecule has 0 fully saturated rings. The van der Waals surface area contributed by atoms with E-state index in [1.807, 2.05) is 0 Å². The molecular weight excluding hydrogens is 252 g/mol. The monoisotopic (exact) mass is 260 g/mol. The number of Topliss-reactive ketones (excluding diaryl/α,β-unsaturated/α-hetero) is 1. The molecule has 8 heteroatoms. The second-order valence-electron chi connectivity index (χ2n) is 4.51. The minimum absolute atomic E-state index is 0.0633. The van der Waals surface area contributed by atoms with Gasteiger partial charge >= 0.3 is 0 Å². The van der Waals surface area contributed by atoms with Gasteiger partial charge in [0.15, 0.2) is 0 Å². The van der Waals surface area contributed by atoms with E-state index in [9.17, 15) is 15.0 Å². The number of hydrogen-bond acceptors (Lipinski definition) is 8. The summed E-state index contributed by atoms with van der Waals surface area (Å²) in [7, 11) is 0. The fraction of sp³-hybridized carbons (Fsp3) is 0.182. The Morgan fingerprint density at radius 3 is 2.42 bits per heavy atom. The summed E-state index contributed by atoms with van der Waals surface area (Å²) in [4.78, 5) is 12.3. The number of nitrogens with zero attached hydrogens (tertiary/aromatic N) is 2. The molecule has 2 heterocycles. The van der Waals surface area contributed by atoms with E-state index in [2.05, 4.69) is 25.6 Å². The highest BCUT2D eigenvalue weighted by Gasteiger charge is 2.66. The van der Waals surface area contributed by atoms with Crippen molar-refractivity contribution in [1.82, 2.24) is 10.3 Å². The molecule has 0 saturated carbocycles. The number of aliphatic hydroxyl groups is 2. The summed E-state index contributed by atoms with van der Waals surface area (Å²) < 4.78 is 4.49. The summed E-state index contributed by atoms with van der Waals surface area (Å²) in [6.07, 6.45) is 0. The number of hydrogen-bond donors (Lipinski definition) is 4. The van der Waals surface area contributed by atoms with Crippen LogP contribution in [0.1, 0.15) is 15.9 Å². The third kappa shape index (κ3) is 0.996. The van der Waals surface area contributed by atoms with Crippen LogP contribution in [-0.4, -0.2) is 32.0 Å². The second-order valence-corrected chi connectivity index (χ2v) is 4.51. The van der Waals surface area contributed by atoms with Gasteiger partial charge in [0.2, 0.25) is 23.1 Å². The molecule has 4 N–H and O–H groups in total. The van der Waals surface area contributed by atoms with Gasteiger partial charge in [0.1, 0.15) is 0 Å². The van der Waals surface area contributed by atoms with Crippen LogP contribution in [0.4, 0.5) is 11.6 Å². The van der Waals surface area contributed by atoms with Crippen molar-refractivity contribution < 1.29 is 19.6 Å². The molecule has 2 aromatic rings. The maximum absolute atomic E-state index is 12.3. The lowest BCUT2D eigenvalue weighted by Crippen LogP contribution is -2.63. The number of aromatic nitrogens is 2. The molecule has 1 aromatic carbocycles. The van der Waals surface area contributed by atoms with Gasteiger partial charge in [-0.3, -0.25) is 4.79 Å². The number of anilines is 2. The van der Waals surface area contributed by atoms with Crippen LogP contribution in [0, 0.1) is 0 Å². The first kappa shape index (κ1) is 10.5. The van der Waals surface area contributed by atoms with Gasteiger partial charge in [-0.2, -0.15) is 0 Å². The smallest absolute Gasteiger partial charge is 0.255 e. The van der Waals surface area contributed by atoms with Crippen molar-refractivity contribution >= 4 is 17.4 Å². The van der Waals surface area contributed by atoms with Gasteiger partial charge in [-0.1, -0.05) is 24.3 Å². The van der Waals surface area contributed by atoms with Crippen LogP contribution in [-0.2, 0) is 5.72 Å². The van der Waals surface area contributed by atoms with Gasteiger partial charge in [0.25, 0.3) is 5.72 Å². The van der Waals surface area contributed by atoms with E-state index in [1.54, 1.807) is 18.2 Å². The van der Waals surface area contributed by atoms with E-state index in [0.717, 1.165) is 0 Å². The number of benzene rings is 1. The van der Waals surface area contributed by atoms with Crippen LogP contribution in [0.5, 0.6) is 0 Å². The number of rotatable bonds is 0. The van der Waals surface area contributed by atoms with E-state index in [-0.39, 0.29) is 22.8 Å². The molecular formula is C11H8N4O4. The standard InChI is InChI=1S/C11H8N4O4/c16-7-5-3-1-2-4-6(5)10(17)11(7,18)13-9-8(12-10)14-19-15-9/h1-4,17-18H,(H,12,14)(H,13,15). The Kier molecular flexibility index (Phi) is 1.61. The summed E-state index contributed by atoms with van der Waals surface area (Å²) >= 11 is 0. The topological polar surface area (TPSA) is 121 Å². The van der Waals surface area contributed by atoms with Crippen LogP contribution >= 0.6 is 0 Å². The van der Waals surface area contributed by atoms with Crippen molar-refractivity contribution in [3.8, 4) is 0 Å². The Morgan fingerprint density at radius 1 is 1.05 bits per heavy atom. The van der Waals surface area contributed by atoms with Crippen molar-refractivity contribution in [1.29, 1.82) is 0 Å². The maximum Gasteiger partial charge on any atom is 0.255 e. The summed E-state index contributed by atoms with van der Waals surface area (Å²) in [6, 6.07) is 6.40. The molecule has 2 unspecified atom stereocenters. The molecule has 8 nitrogen and oxygen atoms in total. The summed E-state index contributed by atoms with van der Waals surface area (Å²) in [5.74, 6) is -0.461. The molecule has 1 aliphatic heterocycles. The number of fused-ring (bicyclic) bond motifs is 4. The Morgan fingerprint density at radius 2 is 1.68 bits per heavy atom. The molecule has 19 heavy (non-hydrogen) atoms. The highest BCUT2D eigenvalue weighted by atomic mass is 16.6. The molecule has 1 aliphatic carbocycles. The van der Waals surface area contributed by atoms with Crippen molar-refractivity contribution in [3.63, 3.8) is 0 Å². The minimum atomic E-state index is -2.25. The van der Waals surface area contributed by atoms with Crippen LogP contribution < -0.4 is 10.6 Å². The molecule has 96 valence electrons. The average molecular weight is 260 g/mol. The molecule has 4 rings (SSSR count). The molecule has 0 amide bonds. The Labute approximate surface area is 106 Å². The van der Waals surface area contributed by atoms with Crippen molar-refractivity contribution in [2.45, 2.75) is 11.4 Å². The van der Waals surface area contributed by atoms with Gasteiger partial charge in [-0.25, -0.2) is 4.63 Å². The molecule has 2 aliphatic rings. The molecule has 0 saturated heterocycles. The predicted molar refractivity (Wildman–Crippen MR) is 61.2 cm³/mol. The molecule has 0 bridgehead atoms. The van der Waals surface area contributed by atoms with Crippen LogP contribution in [0.3, 0.4) is 0 Å². The lowest BCUT2D eigenvalue weighted by molar-refractivity contribution is -0.0917. The SMILES string of the molecule is O=C1c2ccccc2C2(O)Nc3nonc3NC12O. The minimum Gasteiger partial charge on any atom is -0.363 e. The van der Waals surface area contributed by atoms with Crippen LogP contribution in [0.2, 0.25) is 0 Å². The number of carbonyl (C=O) groups is 1. The van der Waals surface area contributed by atoms with Crippen LogP contribution in [0.25, 0.3) is 0 Å². The molecule has 0 spiro atoms. The predicted octanol–water partition coefficient (Wildman–Crippen LogP) is -0.363. The largest absolute Gasteiger partial charge is 0.363 e. The Bertz CT molecular complexity index is 714. The highest BCUT2D eigenvalue weighted by molar-refractivity contribution is 6.11. The summed E-state index contributed by atoms with van der Waals surface area (Å²) in [6.45, 7) is 0. The summed E-state index contributed by atoms with van der Waals surface area (Å²) in [5.41, 5.74) is -3.77. The van der Waals surface area contributed by atoms with E-state index < -0.39 is 17.2 Å². The van der Waals surface area contributed by atoms with Crippen molar-refractivity contribution in [3.05, 3.63) is 35.4 Å². The second kappa shape index (κ2) is 2.92. The highest BCUT2D eigenvalue weighted by Crippen LogP contribution is 2.48. The average Bonchev–Trinajstić information content (AvgIpc) is 2.90. The Balaban J connectivity index is 2.01. The summed E-state index contributed by atoms with van der Waals surface area (Å²) in [5, 5.41) is 33.4. The fourth-order valence-electron chi connectivity index (χ4n) is 2.55. The zero-order valence-corrected chi connectivity index (χ0v) is 9.41. The Hall–Kier alpha value is -2.45. The fourth-order valence-corrected chi connectivity index (χ4v) is 2.55. The quantitative estimate of drug-likeness (QED) is 0.506. The van der Waals surface area contributed by atoms with Gasteiger partial charge in [0, 0.05) is 11.1 Å². The van der Waals surface area contributed by atoms with Crippen molar-refractivity contribution in [2.75, 3.05) is 10.6 Å². The third-order valence-corrected chi connectivity index (χ3v) is 3.50. The lowest BCUT2D eigenvalue weighted by atomic mass is 9.96.